The molecule has 0 bridgehead atoms. The largest absolute Gasteiger partial charge is 0.393 e. The summed E-state index contributed by atoms with van der Waals surface area (Å²) in [5.74, 6) is 0. The van der Waals surface area contributed by atoms with E-state index in [0.717, 1.165) is 18.7 Å². The van der Waals surface area contributed by atoms with Crippen LogP contribution in [0.5, 0.6) is 0 Å². The number of nitrogens with zero attached hydrogens (tertiary/aromatic N) is 3. The Labute approximate surface area is 84.1 Å². The number of nitrogens with one attached hydrogen (secondary N) is 1. The van der Waals surface area contributed by atoms with Gasteiger partial charge in [0.05, 0.1) is 18.0 Å². The first-order chi connectivity index (χ1) is 6.59. The molecule has 1 rings (SSSR count). The molecule has 0 amide bonds. The van der Waals surface area contributed by atoms with E-state index in [9.17, 15) is 0 Å². The summed E-state index contributed by atoms with van der Waals surface area (Å²) in [6.07, 6.45) is 2.23. The monoisotopic (exact) mass is 198 g/mol. The Morgan fingerprint density at radius 2 is 2.29 bits per heavy atom. The van der Waals surface area contributed by atoms with E-state index in [0.29, 0.717) is 6.04 Å². The maximum Gasteiger partial charge on any atom is 0.0738 e. The molecule has 0 fully saturated rings. The van der Waals surface area contributed by atoms with Crippen LogP contribution in [0.1, 0.15) is 26.0 Å². The van der Waals surface area contributed by atoms with Crippen molar-refractivity contribution in [2.75, 3.05) is 0 Å². The van der Waals surface area contributed by atoms with Crippen LogP contribution in [0.15, 0.2) is 6.20 Å². The third-order valence-electron chi connectivity index (χ3n) is 2.13. The van der Waals surface area contributed by atoms with Gasteiger partial charge >= 0.3 is 0 Å². The van der Waals surface area contributed by atoms with Crippen LogP contribution in [0.2, 0.25) is 0 Å². The first-order valence-electron chi connectivity index (χ1n) is 4.84. The molecule has 0 saturated carbocycles. The predicted molar refractivity (Wildman–Crippen MR) is 53.6 cm³/mol. The fraction of sp³-hybridized carbons (Fsp3) is 0.778. The Bertz CT molecular complexity index is 272. The van der Waals surface area contributed by atoms with Crippen LogP contribution < -0.4 is 5.32 Å². The Balaban J connectivity index is 2.30. The second kappa shape index (κ2) is 5.07. The molecule has 0 aliphatic heterocycles. The van der Waals surface area contributed by atoms with Crippen molar-refractivity contribution in [1.82, 2.24) is 20.3 Å². The quantitative estimate of drug-likeness (QED) is 0.702. The topological polar surface area (TPSA) is 63.0 Å². The average Bonchev–Trinajstić information content (AvgIpc) is 2.46. The van der Waals surface area contributed by atoms with Gasteiger partial charge in [-0.1, -0.05) is 5.21 Å². The van der Waals surface area contributed by atoms with Crippen molar-refractivity contribution in [3.63, 3.8) is 0 Å². The van der Waals surface area contributed by atoms with Crippen molar-refractivity contribution >= 4 is 0 Å². The summed E-state index contributed by atoms with van der Waals surface area (Å²) in [4.78, 5) is 0. The van der Waals surface area contributed by atoms with E-state index in [1.54, 1.807) is 17.8 Å². The lowest BCUT2D eigenvalue weighted by Gasteiger charge is -2.14. The summed E-state index contributed by atoms with van der Waals surface area (Å²) in [6.45, 7) is 4.58. The van der Waals surface area contributed by atoms with Gasteiger partial charge in [-0.05, 0) is 20.3 Å². The number of hydrogen-bond acceptors (Lipinski definition) is 4. The molecule has 1 aromatic rings. The van der Waals surface area contributed by atoms with Gasteiger partial charge in [-0.15, -0.1) is 5.10 Å². The minimum Gasteiger partial charge on any atom is -0.393 e. The van der Waals surface area contributed by atoms with Crippen LogP contribution in [0, 0.1) is 0 Å². The Kier molecular flexibility index (Phi) is 4.03. The van der Waals surface area contributed by atoms with Crippen molar-refractivity contribution in [2.24, 2.45) is 7.05 Å². The molecule has 0 aliphatic carbocycles. The summed E-state index contributed by atoms with van der Waals surface area (Å²) < 4.78 is 1.74. The van der Waals surface area contributed by atoms with Crippen LogP contribution in [0.4, 0.5) is 0 Å². The van der Waals surface area contributed by atoms with Gasteiger partial charge in [0.1, 0.15) is 0 Å². The summed E-state index contributed by atoms with van der Waals surface area (Å²) in [7, 11) is 1.86. The fourth-order valence-corrected chi connectivity index (χ4v) is 1.34. The smallest absolute Gasteiger partial charge is 0.0738 e. The second-order valence-electron chi connectivity index (χ2n) is 3.72. The van der Waals surface area contributed by atoms with Crippen LogP contribution in [-0.4, -0.2) is 32.2 Å². The van der Waals surface area contributed by atoms with Crippen molar-refractivity contribution < 1.29 is 5.11 Å². The van der Waals surface area contributed by atoms with Gasteiger partial charge < -0.3 is 10.4 Å². The standard InChI is InChI=1S/C9H18N4O/c1-7(4-8(2)14)10-5-9-6-11-12-13(9)3/h6-8,10,14H,4-5H2,1-3H3. The minimum atomic E-state index is -0.262. The number of hydrogen-bond donors (Lipinski definition) is 2. The molecule has 5 heteroatoms. The Hall–Kier alpha value is -0.940. The summed E-state index contributed by atoms with van der Waals surface area (Å²) in [5, 5.41) is 20.1. The highest BCUT2D eigenvalue weighted by Gasteiger charge is 2.06. The number of aliphatic hydroxyl groups is 1. The van der Waals surface area contributed by atoms with Crippen molar-refractivity contribution in [3.8, 4) is 0 Å². The molecule has 0 aromatic carbocycles. The van der Waals surface area contributed by atoms with Crippen LogP contribution in [0.3, 0.4) is 0 Å². The van der Waals surface area contributed by atoms with E-state index in [4.69, 9.17) is 5.11 Å². The molecule has 0 aliphatic rings. The van der Waals surface area contributed by atoms with Gasteiger partial charge in [-0.25, -0.2) is 0 Å². The average molecular weight is 198 g/mol. The highest BCUT2D eigenvalue weighted by atomic mass is 16.3. The molecule has 80 valence electrons. The van der Waals surface area contributed by atoms with E-state index in [2.05, 4.69) is 22.6 Å². The molecule has 14 heavy (non-hydrogen) atoms. The molecule has 0 radical (unpaired) electrons. The molecule has 2 N–H and O–H groups in total. The van der Waals surface area contributed by atoms with Crippen molar-refractivity contribution in [3.05, 3.63) is 11.9 Å². The van der Waals surface area contributed by atoms with E-state index in [1.165, 1.54) is 0 Å². The second-order valence-corrected chi connectivity index (χ2v) is 3.72. The molecule has 5 nitrogen and oxygen atoms in total. The first kappa shape index (κ1) is 11.1. The summed E-state index contributed by atoms with van der Waals surface area (Å²) >= 11 is 0. The molecule has 2 atom stereocenters. The summed E-state index contributed by atoms with van der Waals surface area (Å²) in [6, 6.07) is 0.296. The van der Waals surface area contributed by atoms with E-state index < -0.39 is 0 Å². The SMILES string of the molecule is CC(O)CC(C)NCc1cnnn1C. The lowest BCUT2D eigenvalue weighted by molar-refractivity contribution is 0.170. The molecule has 1 aromatic heterocycles. The number of aryl methyl sites for hydroxylation is 1. The summed E-state index contributed by atoms with van der Waals surface area (Å²) in [5.41, 5.74) is 1.04. The highest BCUT2D eigenvalue weighted by molar-refractivity contribution is 4.92. The Morgan fingerprint density at radius 1 is 1.57 bits per heavy atom. The zero-order valence-electron chi connectivity index (χ0n) is 8.94. The van der Waals surface area contributed by atoms with E-state index >= 15 is 0 Å². The van der Waals surface area contributed by atoms with E-state index in [-0.39, 0.29) is 6.10 Å². The van der Waals surface area contributed by atoms with Gasteiger partial charge in [-0.3, -0.25) is 4.68 Å². The van der Waals surface area contributed by atoms with Gasteiger partial charge in [0, 0.05) is 19.6 Å². The van der Waals surface area contributed by atoms with Gasteiger partial charge in [0.15, 0.2) is 0 Å². The maximum absolute atomic E-state index is 9.16. The molecule has 0 spiro atoms. The molecule has 2 unspecified atom stereocenters. The molecular formula is C9H18N4O. The Morgan fingerprint density at radius 3 is 2.79 bits per heavy atom. The van der Waals surface area contributed by atoms with Crippen LogP contribution in [0.25, 0.3) is 0 Å². The first-order valence-corrected chi connectivity index (χ1v) is 4.84. The molecule has 1 heterocycles. The third kappa shape index (κ3) is 3.43. The number of aliphatic hydroxyl groups excluding tert-OH is 1. The van der Waals surface area contributed by atoms with Crippen molar-refractivity contribution in [2.45, 2.75) is 39.0 Å². The van der Waals surface area contributed by atoms with E-state index in [1.807, 2.05) is 7.05 Å². The molecule has 0 saturated heterocycles. The van der Waals surface area contributed by atoms with Crippen LogP contribution >= 0.6 is 0 Å². The van der Waals surface area contributed by atoms with Crippen LogP contribution in [-0.2, 0) is 13.6 Å². The third-order valence-corrected chi connectivity index (χ3v) is 2.13. The van der Waals surface area contributed by atoms with Gasteiger partial charge in [0.2, 0.25) is 0 Å². The maximum atomic E-state index is 9.16. The fourth-order valence-electron chi connectivity index (χ4n) is 1.34. The minimum absolute atomic E-state index is 0.262. The van der Waals surface area contributed by atoms with Gasteiger partial charge in [0.25, 0.3) is 0 Å². The predicted octanol–water partition coefficient (Wildman–Crippen LogP) is 0.0641. The number of aromatic nitrogens is 3. The molecular weight excluding hydrogens is 180 g/mol. The zero-order valence-corrected chi connectivity index (χ0v) is 8.94. The van der Waals surface area contributed by atoms with Crippen molar-refractivity contribution in [1.29, 1.82) is 0 Å². The lowest BCUT2D eigenvalue weighted by Crippen LogP contribution is -2.29. The highest BCUT2D eigenvalue weighted by Crippen LogP contribution is 1.99. The number of rotatable bonds is 5. The zero-order chi connectivity index (χ0) is 10.6. The normalized spacial score (nSPS) is 15.4. The van der Waals surface area contributed by atoms with Gasteiger partial charge in [-0.2, -0.15) is 0 Å². The lowest BCUT2D eigenvalue weighted by atomic mass is 10.1.